The summed E-state index contributed by atoms with van der Waals surface area (Å²) in [7, 11) is 0. The van der Waals surface area contributed by atoms with E-state index in [4.69, 9.17) is 16.3 Å². The van der Waals surface area contributed by atoms with Crippen LogP contribution in [0.15, 0.2) is 48.5 Å². The first kappa shape index (κ1) is 19.0. The Bertz CT molecular complexity index is 951. The van der Waals surface area contributed by atoms with Crippen LogP contribution >= 0.6 is 11.6 Å². The van der Waals surface area contributed by atoms with Crippen LogP contribution in [0.5, 0.6) is 0 Å². The highest BCUT2D eigenvalue weighted by molar-refractivity contribution is 6.27. The van der Waals surface area contributed by atoms with Crippen molar-refractivity contribution in [3.05, 3.63) is 59.8 Å². The Labute approximate surface area is 162 Å². The third-order valence-corrected chi connectivity index (χ3v) is 4.55. The van der Waals surface area contributed by atoms with Crippen LogP contribution in [-0.2, 0) is 16.0 Å². The number of aromatic amines is 1. The summed E-state index contributed by atoms with van der Waals surface area (Å²) in [4.78, 5) is 27.0. The molecule has 0 aliphatic heterocycles. The number of ether oxygens (including phenoxy) is 1. The molecule has 2 N–H and O–H groups in total. The minimum absolute atomic E-state index is 0.0865. The number of esters is 1. The van der Waals surface area contributed by atoms with E-state index in [1.54, 1.807) is 6.92 Å². The predicted octanol–water partition coefficient (Wildman–Crippen LogP) is 3.91. The first-order valence-corrected chi connectivity index (χ1v) is 9.37. The fourth-order valence-electron chi connectivity index (χ4n) is 3.07. The van der Waals surface area contributed by atoms with Gasteiger partial charge < -0.3 is 15.0 Å². The lowest BCUT2D eigenvalue weighted by atomic mass is 10.0. The van der Waals surface area contributed by atoms with Gasteiger partial charge in [0, 0.05) is 17.4 Å². The standard InChI is InChI=1S/C21H21ClN2O3/c1-2-27-21(26)20-16(10-11-23-19(25)13-22)17-12-15(8-9-18(17)24-20)14-6-4-3-5-7-14/h3-9,12,24H,2,10-11,13H2,1H3,(H,23,25). The molecule has 0 fully saturated rings. The Morgan fingerprint density at radius 1 is 1.11 bits per heavy atom. The van der Waals surface area contributed by atoms with Gasteiger partial charge in [-0.25, -0.2) is 4.79 Å². The van der Waals surface area contributed by atoms with Gasteiger partial charge in [0.1, 0.15) is 11.6 Å². The summed E-state index contributed by atoms with van der Waals surface area (Å²) < 4.78 is 5.18. The number of carbonyl (C=O) groups excluding carboxylic acids is 2. The Kier molecular flexibility index (Phi) is 6.14. The van der Waals surface area contributed by atoms with Crippen LogP contribution < -0.4 is 5.32 Å². The van der Waals surface area contributed by atoms with Gasteiger partial charge in [0.15, 0.2) is 0 Å². The van der Waals surface area contributed by atoms with E-state index in [0.717, 1.165) is 27.6 Å². The molecule has 0 saturated carbocycles. The molecular weight excluding hydrogens is 364 g/mol. The lowest BCUT2D eigenvalue weighted by molar-refractivity contribution is -0.118. The summed E-state index contributed by atoms with van der Waals surface area (Å²) in [6, 6.07) is 16.1. The first-order chi connectivity index (χ1) is 13.1. The minimum atomic E-state index is -0.395. The average molecular weight is 385 g/mol. The van der Waals surface area contributed by atoms with Gasteiger partial charge in [0.2, 0.25) is 5.91 Å². The number of hydrogen-bond acceptors (Lipinski definition) is 3. The van der Waals surface area contributed by atoms with E-state index >= 15 is 0 Å². The molecule has 0 saturated heterocycles. The summed E-state index contributed by atoms with van der Waals surface area (Å²) in [5.41, 5.74) is 4.27. The number of rotatable bonds is 7. The van der Waals surface area contributed by atoms with Crippen LogP contribution in [0.25, 0.3) is 22.0 Å². The van der Waals surface area contributed by atoms with E-state index in [2.05, 4.69) is 16.4 Å². The number of fused-ring (bicyclic) bond motifs is 1. The van der Waals surface area contributed by atoms with Gasteiger partial charge in [-0.05, 0) is 42.2 Å². The summed E-state index contributed by atoms with van der Waals surface area (Å²) in [5, 5.41) is 3.69. The Morgan fingerprint density at radius 3 is 2.59 bits per heavy atom. The second kappa shape index (κ2) is 8.73. The zero-order valence-electron chi connectivity index (χ0n) is 15.0. The highest BCUT2D eigenvalue weighted by Crippen LogP contribution is 2.29. The van der Waals surface area contributed by atoms with Gasteiger partial charge in [-0.3, -0.25) is 4.79 Å². The monoisotopic (exact) mass is 384 g/mol. The smallest absolute Gasteiger partial charge is 0.355 e. The normalized spacial score (nSPS) is 10.7. The zero-order chi connectivity index (χ0) is 19.2. The SMILES string of the molecule is CCOC(=O)c1[nH]c2ccc(-c3ccccc3)cc2c1CCNC(=O)CCl. The second-order valence-electron chi connectivity index (χ2n) is 6.06. The van der Waals surface area contributed by atoms with Gasteiger partial charge in [-0.2, -0.15) is 0 Å². The van der Waals surface area contributed by atoms with Gasteiger partial charge in [0.05, 0.1) is 6.61 Å². The lowest BCUT2D eigenvalue weighted by Gasteiger charge is -2.07. The number of H-pyrrole nitrogens is 1. The maximum Gasteiger partial charge on any atom is 0.355 e. The van der Waals surface area contributed by atoms with Crippen molar-refractivity contribution < 1.29 is 14.3 Å². The molecule has 2 aromatic carbocycles. The molecule has 1 aromatic heterocycles. The Morgan fingerprint density at radius 2 is 1.89 bits per heavy atom. The maximum atomic E-state index is 12.4. The van der Waals surface area contributed by atoms with Crippen LogP contribution in [0.2, 0.25) is 0 Å². The average Bonchev–Trinajstić information content (AvgIpc) is 3.06. The number of benzene rings is 2. The molecule has 140 valence electrons. The molecule has 0 aliphatic carbocycles. The number of alkyl halides is 1. The second-order valence-corrected chi connectivity index (χ2v) is 6.33. The quantitative estimate of drug-likeness (QED) is 0.479. The number of aromatic nitrogens is 1. The van der Waals surface area contributed by atoms with Crippen molar-refractivity contribution in [1.29, 1.82) is 0 Å². The van der Waals surface area contributed by atoms with Gasteiger partial charge in [0.25, 0.3) is 0 Å². The molecule has 27 heavy (non-hydrogen) atoms. The van der Waals surface area contributed by atoms with Crippen molar-refractivity contribution >= 4 is 34.4 Å². The lowest BCUT2D eigenvalue weighted by Crippen LogP contribution is -2.26. The van der Waals surface area contributed by atoms with Crippen molar-refractivity contribution in [3.63, 3.8) is 0 Å². The van der Waals surface area contributed by atoms with Crippen LogP contribution in [0.3, 0.4) is 0 Å². The molecule has 0 bridgehead atoms. The van der Waals surface area contributed by atoms with Crippen molar-refractivity contribution in [2.75, 3.05) is 19.0 Å². The van der Waals surface area contributed by atoms with Crippen molar-refractivity contribution in [2.45, 2.75) is 13.3 Å². The predicted molar refractivity (Wildman–Crippen MR) is 107 cm³/mol. The molecule has 6 heteroatoms. The van der Waals surface area contributed by atoms with Crippen molar-refractivity contribution in [2.24, 2.45) is 0 Å². The topological polar surface area (TPSA) is 71.2 Å². The van der Waals surface area contributed by atoms with Crippen LogP contribution in [0.1, 0.15) is 23.0 Å². The highest BCUT2D eigenvalue weighted by Gasteiger charge is 2.19. The van der Waals surface area contributed by atoms with Gasteiger partial charge in [-0.15, -0.1) is 11.6 Å². The largest absolute Gasteiger partial charge is 0.461 e. The fraction of sp³-hybridized carbons (Fsp3) is 0.238. The number of amides is 1. The molecule has 3 aromatic rings. The first-order valence-electron chi connectivity index (χ1n) is 8.83. The van der Waals surface area contributed by atoms with E-state index in [0.29, 0.717) is 25.3 Å². The molecule has 0 unspecified atom stereocenters. The molecule has 3 rings (SSSR count). The molecule has 0 spiro atoms. The molecule has 1 amide bonds. The van der Waals surface area contributed by atoms with Crippen molar-refractivity contribution in [3.8, 4) is 11.1 Å². The highest BCUT2D eigenvalue weighted by atomic mass is 35.5. The Hall–Kier alpha value is -2.79. The number of nitrogens with one attached hydrogen (secondary N) is 2. The Balaban J connectivity index is 2.01. The molecule has 5 nitrogen and oxygen atoms in total. The summed E-state index contributed by atoms with van der Waals surface area (Å²) in [6.45, 7) is 2.46. The summed E-state index contributed by atoms with van der Waals surface area (Å²) in [5.74, 6) is -0.718. The van der Waals surface area contributed by atoms with E-state index in [-0.39, 0.29) is 11.8 Å². The maximum absolute atomic E-state index is 12.4. The molecule has 0 aliphatic rings. The van der Waals surface area contributed by atoms with Crippen molar-refractivity contribution in [1.82, 2.24) is 10.3 Å². The fourth-order valence-corrected chi connectivity index (χ4v) is 3.16. The third kappa shape index (κ3) is 4.31. The summed E-state index contributed by atoms with van der Waals surface area (Å²) in [6.07, 6.45) is 0.495. The van der Waals surface area contributed by atoms with Crippen LogP contribution in [0.4, 0.5) is 0 Å². The van der Waals surface area contributed by atoms with Gasteiger partial charge in [-0.1, -0.05) is 36.4 Å². The van der Waals surface area contributed by atoms with E-state index in [1.807, 2.05) is 42.5 Å². The zero-order valence-corrected chi connectivity index (χ0v) is 15.8. The summed E-state index contributed by atoms with van der Waals surface area (Å²) >= 11 is 5.53. The number of halogens is 1. The molecule has 0 atom stereocenters. The van der Waals surface area contributed by atoms with Crippen LogP contribution in [-0.4, -0.2) is 35.9 Å². The number of hydrogen-bond donors (Lipinski definition) is 2. The van der Waals surface area contributed by atoms with Gasteiger partial charge >= 0.3 is 5.97 Å². The van der Waals surface area contributed by atoms with E-state index < -0.39 is 5.97 Å². The van der Waals surface area contributed by atoms with E-state index in [9.17, 15) is 9.59 Å². The minimum Gasteiger partial charge on any atom is -0.461 e. The third-order valence-electron chi connectivity index (χ3n) is 4.31. The van der Waals surface area contributed by atoms with E-state index in [1.165, 1.54) is 0 Å². The molecule has 0 radical (unpaired) electrons. The van der Waals surface area contributed by atoms with Crippen LogP contribution in [0, 0.1) is 0 Å². The number of carbonyl (C=O) groups is 2. The molecule has 1 heterocycles. The molecular formula is C21H21ClN2O3.